The summed E-state index contributed by atoms with van der Waals surface area (Å²) in [7, 11) is -1.61. The molecule has 2 N–H and O–H groups in total. The third-order valence-corrected chi connectivity index (χ3v) is 8.14. The molecule has 0 saturated carbocycles. The van der Waals surface area contributed by atoms with Crippen LogP contribution in [0.1, 0.15) is 66.9 Å². The molecule has 1 aliphatic carbocycles. The Morgan fingerprint density at radius 1 is 0.872 bits per heavy atom. The molecule has 0 amide bonds. The molecule has 202 valence electrons. The first-order chi connectivity index (χ1) is 18.4. The topological polar surface area (TPSA) is 56.8 Å². The summed E-state index contributed by atoms with van der Waals surface area (Å²) >= 11 is 0. The molecule has 0 radical (unpaired) electrons. The number of para-hydroxylation sites is 2. The summed E-state index contributed by atoms with van der Waals surface area (Å²) in [6.45, 7) is 15.9. The zero-order chi connectivity index (χ0) is 28.1. The molecule has 5 heteroatoms. The number of rotatable bonds is 5. The van der Waals surface area contributed by atoms with E-state index in [-0.39, 0.29) is 10.8 Å². The minimum absolute atomic E-state index is 0.0577. The smallest absolute Gasteiger partial charge is 0.454 e. The second-order valence-electron chi connectivity index (χ2n) is 12.9. The van der Waals surface area contributed by atoms with Crippen molar-refractivity contribution in [2.24, 2.45) is 11.3 Å². The fourth-order valence-corrected chi connectivity index (χ4v) is 5.64. The maximum atomic E-state index is 10.0. The maximum Gasteiger partial charge on any atom is 0.492 e. The van der Waals surface area contributed by atoms with Gasteiger partial charge in [0.1, 0.15) is 5.58 Å². The van der Waals surface area contributed by atoms with Crippen molar-refractivity contribution in [3.8, 4) is 0 Å². The zero-order valence-corrected chi connectivity index (χ0v) is 24.2. The Morgan fingerprint density at radius 2 is 1.51 bits per heavy atom. The average molecular weight is 522 g/mol. The van der Waals surface area contributed by atoms with Gasteiger partial charge in [-0.05, 0) is 65.0 Å². The van der Waals surface area contributed by atoms with Gasteiger partial charge in [0.15, 0.2) is 5.58 Å². The second-order valence-corrected chi connectivity index (χ2v) is 12.9. The largest absolute Gasteiger partial charge is 0.492 e. The van der Waals surface area contributed by atoms with Gasteiger partial charge in [-0.25, -0.2) is 0 Å². The Balaban J connectivity index is 1.76. The molecule has 3 aromatic carbocycles. The number of anilines is 2. The van der Waals surface area contributed by atoms with Gasteiger partial charge in [-0.15, -0.1) is 0 Å². The van der Waals surface area contributed by atoms with Gasteiger partial charge in [0.25, 0.3) is 0 Å². The van der Waals surface area contributed by atoms with Gasteiger partial charge in [-0.3, -0.25) is 0 Å². The van der Waals surface area contributed by atoms with E-state index in [2.05, 4.69) is 102 Å². The first-order valence-electron chi connectivity index (χ1n) is 14.0. The molecule has 4 aromatic rings. The van der Waals surface area contributed by atoms with Gasteiger partial charge in [0.05, 0.1) is 5.69 Å². The van der Waals surface area contributed by atoms with Crippen LogP contribution < -0.4 is 10.4 Å². The summed E-state index contributed by atoms with van der Waals surface area (Å²) in [5.74, 6) is 0.469. The molecular formula is C34H40BNO3. The van der Waals surface area contributed by atoms with Crippen molar-refractivity contribution < 1.29 is 14.5 Å². The first kappa shape index (κ1) is 27.3. The second kappa shape index (κ2) is 10.0. The minimum Gasteiger partial charge on any atom is -0.454 e. The molecule has 1 aliphatic rings. The van der Waals surface area contributed by atoms with Gasteiger partial charge in [-0.2, -0.15) is 0 Å². The number of furan rings is 1. The number of benzene rings is 3. The predicted molar refractivity (Wildman–Crippen MR) is 165 cm³/mol. The molecule has 4 nitrogen and oxygen atoms in total. The Kier molecular flexibility index (Phi) is 7.03. The van der Waals surface area contributed by atoms with Crippen LogP contribution in [-0.4, -0.2) is 17.2 Å². The SMILES string of the molecule is CCC1=C(N(c2ccc(C(C)(C)C)cc2)c2cccc3c2oc2c(B(O)O)cccc23)C=CC(C(C)(C)C)C1. The lowest BCUT2D eigenvalue weighted by molar-refractivity contribution is 0.287. The van der Waals surface area contributed by atoms with E-state index in [1.165, 1.54) is 16.8 Å². The summed E-state index contributed by atoms with van der Waals surface area (Å²) in [5.41, 5.74) is 7.73. The van der Waals surface area contributed by atoms with Crippen molar-refractivity contribution in [2.75, 3.05) is 4.90 Å². The summed E-state index contributed by atoms with van der Waals surface area (Å²) in [4.78, 5) is 2.32. The summed E-state index contributed by atoms with van der Waals surface area (Å²) in [6, 6.07) is 20.6. The molecule has 0 bridgehead atoms. The highest BCUT2D eigenvalue weighted by Gasteiger charge is 2.30. The average Bonchev–Trinajstić information content (AvgIpc) is 3.28. The van der Waals surface area contributed by atoms with Gasteiger partial charge < -0.3 is 19.4 Å². The van der Waals surface area contributed by atoms with Crippen LogP contribution in [0.5, 0.6) is 0 Å². The van der Waals surface area contributed by atoms with Crippen molar-refractivity contribution in [1.82, 2.24) is 0 Å². The van der Waals surface area contributed by atoms with Crippen LogP contribution in [0, 0.1) is 11.3 Å². The van der Waals surface area contributed by atoms with Crippen LogP contribution >= 0.6 is 0 Å². The molecule has 1 aromatic heterocycles. The van der Waals surface area contributed by atoms with Crippen molar-refractivity contribution in [1.29, 1.82) is 0 Å². The van der Waals surface area contributed by atoms with Crippen LogP contribution in [0.2, 0.25) is 0 Å². The van der Waals surface area contributed by atoms with Gasteiger partial charge >= 0.3 is 7.12 Å². The highest BCUT2D eigenvalue weighted by Crippen LogP contribution is 2.44. The highest BCUT2D eigenvalue weighted by molar-refractivity contribution is 6.61. The van der Waals surface area contributed by atoms with Crippen molar-refractivity contribution in [3.63, 3.8) is 0 Å². The molecule has 0 saturated heterocycles. The standard InChI is InChI=1S/C34H40BNO3/c1-8-22-21-24(34(5,6)7)17-20-29(22)36(25-18-15-23(16-19-25)33(2,3)4)30-14-10-12-27-26-11-9-13-28(35(37)38)31(26)39-32(27)30/h9-20,24,37-38H,8,21H2,1-7H3. The Morgan fingerprint density at radius 3 is 2.10 bits per heavy atom. The first-order valence-corrected chi connectivity index (χ1v) is 14.0. The Bertz CT molecular complexity index is 1560. The van der Waals surface area contributed by atoms with Gasteiger partial charge in [0, 0.05) is 27.6 Å². The zero-order valence-electron chi connectivity index (χ0n) is 24.2. The van der Waals surface area contributed by atoms with Crippen LogP contribution in [0.25, 0.3) is 21.9 Å². The van der Waals surface area contributed by atoms with Gasteiger partial charge in [-0.1, -0.05) is 97.0 Å². The number of hydrogen-bond donors (Lipinski definition) is 2. The molecule has 1 unspecified atom stereocenters. The van der Waals surface area contributed by atoms with Crippen LogP contribution in [0.3, 0.4) is 0 Å². The fourth-order valence-electron chi connectivity index (χ4n) is 5.64. The lowest BCUT2D eigenvalue weighted by Crippen LogP contribution is -2.29. The van der Waals surface area contributed by atoms with E-state index in [0.29, 0.717) is 17.0 Å². The normalized spacial score (nSPS) is 16.4. The number of fused-ring (bicyclic) bond motifs is 3. The molecule has 0 aliphatic heterocycles. The molecule has 1 heterocycles. The third kappa shape index (κ3) is 5.06. The van der Waals surface area contributed by atoms with E-state index >= 15 is 0 Å². The molecule has 5 rings (SSSR count). The van der Waals surface area contributed by atoms with Crippen molar-refractivity contribution in [2.45, 2.75) is 66.7 Å². The molecule has 39 heavy (non-hydrogen) atoms. The summed E-state index contributed by atoms with van der Waals surface area (Å²) in [5, 5.41) is 21.9. The lowest BCUT2D eigenvalue weighted by Gasteiger charge is -2.36. The van der Waals surface area contributed by atoms with Crippen LogP contribution in [-0.2, 0) is 5.41 Å². The number of hydrogen-bond acceptors (Lipinski definition) is 4. The minimum atomic E-state index is -1.61. The van der Waals surface area contributed by atoms with E-state index in [0.717, 1.165) is 40.6 Å². The number of nitrogens with zero attached hydrogens (tertiary/aromatic N) is 1. The van der Waals surface area contributed by atoms with Crippen LogP contribution in [0.15, 0.2) is 88.5 Å². The Hall–Kier alpha value is -3.28. The van der Waals surface area contributed by atoms with E-state index in [1.807, 2.05) is 18.2 Å². The third-order valence-electron chi connectivity index (χ3n) is 8.14. The molecule has 1 atom stereocenters. The fraction of sp³-hybridized carbons (Fsp3) is 0.353. The lowest BCUT2D eigenvalue weighted by atomic mass is 9.74. The van der Waals surface area contributed by atoms with Crippen molar-refractivity contribution in [3.05, 3.63) is 89.6 Å². The summed E-state index contributed by atoms with van der Waals surface area (Å²) in [6.07, 6.45) is 6.63. The Labute approximate surface area is 232 Å². The van der Waals surface area contributed by atoms with E-state index in [9.17, 15) is 10.0 Å². The van der Waals surface area contributed by atoms with Gasteiger partial charge in [0.2, 0.25) is 0 Å². The predicted octanol–water partition coefficient (Wildman–Crippen LogP) is 7.99. The van der Waals surface area contributed by atoms with E-state index in [1.54, 1.807) is 6.07 Å². The summed E-state index contributed by atoms with van der Waals surface area (Å²) < 4.78 is 6.48. The highest BCUT2D eigenvalue weighted by atomic mass is 16.4. The molecule has 0 spiro atoms. The van der Waals surface area contributed by atoms with Crippen LogP contribution in [0.4, 0.5) is 11.4 Å². The molecular weight excluding hydrogens is 481 g/mol. The number of allylic oxidation sites excluding steroid dienone is 3. The van der Waals surface area contributed by atoms with Crippen molar-refractivity contribution >= 4 is 45.9 Å². The maximum absolute atomic E-state index is 10.0. The monoisotopic (exact) mass is 521 g/mol. The molecule has 0 fully saturated rings. The van der Waals surface area contributed by atoms with E-state index < -0.39 is 7.12 Å². The van der Waals surface area contributed by atoms with E-state index in [4.69, 9.17) is 4.42 Å². The quantitative estimate of drug-likeness (QED) is 0.262.